The van der Waals surface area contributed by atoms with E-state index in [1.807, 2.05) is 19.1 Å². The third kappa shape index (κ3) is 3.15. The Morgan fingerprint density at radius 2 is 2.00 bits per heavy atom. The van der Waals surface area contributed by atoms with E-state index < -0.39 is 0 Å². The van der Waals surface area contributed by atoms with E-state index in [9.17, 15) is 0 Å². The van der Waals surface area contributed by atoms with Gasteiger partial charge in [0.2, 0.25) is 5.88 Å². The average Bonchev–Trinajstić information content (AvgIpc) is 2.38. The maximum atomic E-state index is 6.07. The molecule has 0 saturated heterocycles. The van der Waals surface area contributed by atoms with E-state index in [-0.39, 0.29) is 0 Å². The quantitative estimate of drug-likeness (QED) is 0.924. The van der Waals surface area contributed by atoms with Crippen molar-refractivity contribution < 1.29 is 4.74 Å². The van der Waals surface area contributed by atoms with Crippen LogP contribution in [0, 0.1) is 6.92 Å². The first kappa shape index (κ1) is 13.6. The summed E-state index contributed by atoms with van der Waals surface area (Å²) < 4.78 is 5.74. The van der Waals surface area contributed by atoms with Gasteiger partial charge in [-0.25, -0.2) is 4.98 Å². The molecule has 5 heteroatoms. The molecular formula is C14H16ClN3O. The zero-order valence-electron chi connectivity index (χ0n) is 11.0. The highest BCUT2D eigenvalue weighted by Gasteiger charge is 2.11. The smallest absolute Gasteiger partial charge is 0.227 e. The van der Waals surface area contributed by atoms with Gasteiger partial charge in [0.25, 0.3) is 0 Å². The van der Waals surface area contributed by atoms with Crippen LogP contribution in [0.4, 0.5) is 5.82 Å². The van der Waals surface area contributed by atoms with Crippen molar-refractivity contribution in [3.05, 3.63) is 40.7 Å². The van der Waals surface area contributed by atoms with Crippen molar-refractivity contribution in [3.63, 3.8) is 0 Å². The van der Waals surface area contributed by atoms with Gasteiger partial charge in [0.15, 0.2) is 0 Å². The largest absolute Gasteiger partial charge is 0.437 e. The van der Waals surface area contributed by atoms with Gasteiger partial charge in [-0.1, -0.05) is 30.7 Å². The highest BCUT2D eigenvalue weighted by molar-refractivity contribution is 6.32. The summed E-state index contributed by atoms with van der Waals surface area (Å²) in [6.45, 7) is 3.89. The predicted molar refractivity (Wildman–Crippen MR) is 76.7 cm³/mol. The monoisotopic (exact) mass is 277 g/mol. The number of aromatic nitrogens is 2. The van der Waals surface area contributed by atoms with Gasteiger partial charge in [0, 0.05) is 6.42 Å². The second-order valence-corrected chi connectivity index (χ2v) is 4.64. The minimum absolute atomic E-state index is 0.445. The van der Waals surface area contributed by atoms with Gasteiger partial charge in [-0.3, -0.25) is 0 Å². The van der Waals surface area contributed by atoms with Gasteiger partial charge in [0.1, 0.15) is 17.4 Å². The molecule has 0 fully saturated rings. The van der Waals surface area contributed by atoms with Gasteiger partial charge in [-0.15, -0.1) is 0 Å². The lowest BCUT2D eigenvalue weighted by molar-refractivity contribution is 0.455. The highest BCUT2D eigenvalue weighted by Crippen LogP contribution is 2.30. The Hall–Kier alpha value is -1.81. The van der Waals surface area contributed by atoms with Gasteiger partial charge in [0.05, 0.1) is 10.6 Å². The molecule has 100 valence electrons. The van der Waals surface area contributed by atoms with E-state index >= 15 is 0 Å². The number of nitrogen functional groups attached to an aromatic ring is 1. The van der Waals surface area contributed by atoms with Crippen LogP contribution in [0.25, 0.3) is 0 Å². The lowest BCUT2D eigenvalue weighted by Gasteiger charge is -2.11. The summed E-state index contributed by atoms with van der Waals surface area (Å²) in [5.41, 5.74) is 6.60. The Morgan fingerprint density at radius 3 is 2.68 bits per heavy atom. The summed E-state index contributed by atoms with van der Waals surface area (Å²) in [5.74, 6) is 2.16. The number of nitrogens with zero attached hydrogens (tertiary/aromatic N) is 2. The molecule has 2 N–H and O–H groups in total. The molecule has 0 atom stereocenters. The molecule has 0 saturated carbocycles. The minimum atomic E-state index is 0.445. The van der Waals surface area contributed by atoms with E-state index in [1.165, 1.54) is 0 Å². The molecule has 0 spiro atoms. The summed E-state index contributed by atoms with van der Waals surface area (Å²) in [7, 11) is 0. The Bertz CT molecular complexity index is 587. The summed E-state index contributed by atoms with van der Waals surface area (Å²) in [6, 6.07) is 7.26. The van der Waals surface area contributed by atoms with Crippen LogP contribution < -0.4 is 10.5 Å². The molecule has 1 aromatic heterocycles. The SMILES string of the molecule is CCCc1nc(N)c(C)c(Oc2ccccc2Cl)n1. The van der Waals surface area contributed by atoms with E-state index in [4.69, 9.17) is 22.1 Å². The van der Waals surface area contributed by atoms with Crippen molar-refractivity contribution in [1.82, 2.24) is 9.97 Å². The van der Waals surface area contributed by atoms with Crippen LogP contribution >= 0.6 is 11.6 Å². The predicted octanol–water partition coefficient (Wildman–Crippen LogP) is 3.77. The van der Waals surface area contributed by atoms with Crippen molar-refractivity contribution in [2.24, 2.45) is 0 Å². The van der Waals surface area contributed by atoms with Crippen LogP contribution in [-0.4, -0.2) is 9.97 Å². The van der Waals surface area contributed by atoms with Gasteiger partial charge in [-0.05, 0) is 25.5 Å². The minimum Gasteiger partial charge on any atom is -0.437 e. The van der Waals surface area contributed by atoms with Crippen molar-refractivity contribution in [2.75, 3.05) is 5.73 Å². The summed E-state index contributed by atoms with van der Waals surface area (Å²) in [4.78, 5) is 8.63. The van der Waals surface area contributed by atoms with Crippen LogP contribution in [0.15, 0.2) is 24.3 Å². The van der Waals surface area contributed by atoms with Crippen LogP contribution in [0.3, 0.4) is 0 Å². The van der Waals surface area contributed by atoms with E-state index in [1.54, 1.807) is 12.1 Å². The number of rotatable bonds is 4. The molecule has 0 aliphatic rings. The maximum absolute atomic E-state index is 6.07. The summed E-state index contributed by atoms with van der Waals surface area (Å²) >= 11 is 6.07. The Balaban J connectivity index is 2.36. The first-order valence-corrected chi connectivity index (χ1v) is 6.55. The number of nitrogens with two attached hydrogens (primary N) is 1. The Kier molecular flexibility index (Phi) is 4.22. The van der Waals surface area contributed by atoms with Crippen LogP contribution in [-0.2, 0) is 6.42 Å². The fraction of sp³-hybridized carbons (Fsp3) is 0.286. The van der Waals surface area contributed by atoms with Crippen molar-refractivity contribution >= 4 is 17.4 Å². The number of hydrogen-bond donors (Lipinski definition) is 1. The summed E-state index contributed by atoms with van der Waals surface area (Å²) in [5, 5.41) is 0.538. The van der Waals surface area contributed by atoms with E-state index in [2.05, 4.69) is 16.9 Å². The molecule has 19 heavy (non-hydrogen) atoms. The van der Waals surface area contributed by atoms with Crippen LogP contribution in [0.5, 0.6) is 11.6 Å². The lowest BCUT2D eigenvalue weighted by Crippen LogP contribution is -2.05. The molecule has 2 rings (SSSR count). The zero-order chi connectivity index (χ0) is 13.8. The number of halogens is 1. The van der Waals surface area contributed by atoms with Crippen LogP contribution in [0.1, 0.15) is 24.7 Å². The number of aryl methyl sites for hydroxylation is 1. The normalized spacial score (nSPS) is 10.5. The fourth-order valence-electron chi connectivity index (χ4n) is 1.62. The van der Waals surface area contributed by atoms with Gasteiger partial charge >= 0.3 is 0 Å². The number of anilines is 1. The molecule has 1 aromatic carbocycles. The molecule has 0 unspecified atom stereocenters. The first-order valence-electron chi connectivity index (χ1n) is 6.17. The molecular weight excluding hydrogens is 262 g/mol. The van der Waals surface area contributed by atoms with Crippen molar-refractivity contribution in [1.29, 1.82) is 0 Å². The van der Waals surface area contributed by atoms with Gasteiger partial charge < -0.3 is 10.5 Å². The van der Waals surface area contributed by atoms with E-state index in [0.717, 1.165) is 18.4 Å². The molecule has 1 heterocycles. The highest BCUT2D eigenvalue weighted by atomic mass is 35.5. The third-order valence-electron chi connectivity index (χ3n) is 2.70. The summed E-state index contributed by atoms with van der Waals surface area (Å²) in [6.07, 6.45) is 1.72. The molecule has 2 aromatic rings. The van der Waals surface area contributed by atoms with E-state index in [0.29, 0.717) is 28.3 Å². The van der Waals surface area contributed by atoms with Gasteiger partial charge in [-0.2, -0.15) is 4.98 Å². The molecule has 0 aliphatic heterocycles. The lowest BCUT2D eigenvalue weighted by atomic mass is 10.3. The molecule has 0 amide bonds. The van der Waals surface area contributed by atoms with Crippen molar-refractivity contribution in [2.45, 2.75) is 26.7 Å². The third-order valence-corrected chi connectivity index (χ3v) is 3.01. The molecule has 0 bridgehead atoms. The number of hydrogen-bond acceptors (Lipinski definition) is 4. The Morgan fingerprint density at radius 1 is 1.26 bits per heavy atom. The topological polar surface area (TPSA) is 61.0 Å². The maximum Gasteiger partial charge on any atom is 0.227 e. The average molecular weight is 278 g/mol. The number of ether oxygens (including phenoxy) is 1. The van der Waals surface area contributed by atoms with Crippen molar-refractivity contribution in [3.8, 4) is 11.6 Å². The fourth-order valence-corrected chi connectivity index (χ4v) is 1.80. The molecule has 4 nitrogen and oxygen atoms in total. The first-order chi connectivity index (χ1) is 9.11. The number of para-hydroxylation sites is 1. The second kappa shape index (κ2) is 5.89. The molecule has 0 radical (unpaired) electrons. The number of benzene rings is 1. The Labute approximate surface area is 117 Å². The zero-order valence-corrected chi connectivity index (χ0v) is 11.7. The second-order valence-electron chi connectivity index (χ2n) is 4.24. The van der Waals surface area contributed by atoms with Crippen LogP contribution in [0.2, 0.25) is 5.02 Å². The standard InChI is InChI=1S/C14H16ClN3O/c1-3-6-12-17-13(16)9(2)14(18-12)19-11-8-5-4-7-10(11)15/h4-5,7-8H,3,6H2,1-2H3,(H2,16,17,18). The molecule has 0 aliphatic carbocycles.